The number of hydrogen-bond donors (Lipinski definition) is 0. The number of rotatable bonds is 5. The van der Waals surface area contributed by atoms with E-state index in [1.165, 1.54) is 12.8 Å². The summed E-state index contributed by atoms with van der Waals surface area (Å²) >= 11 is 0. The minimum Gasteiger partial charge on any atom is -0.107 e. The van der Waals surface area contributed by atoms with Crippen LogP contribution in [0.5, 0.6) is 0 Å². The van der Waals surface area contributed by atoms with E-state index in [9.17, 15) is 0 Å². The second-order valence-electron chi connectivity index (χ2n) is 5.51. The van der Waals surface area contributed by atoms with Gasteiger partial charge in [-0.25, -0.2) is 0 Å². The van der Waals surface area contributed by atoms with Gasteiger partial charge in [-0.05, 0) is 75.5 Å². The third-order valence-electron chi connectivity index (χ3n) is 4.10. The van der Waals surface area contributed by atoms with Crippen molar-refractivity contribution < 1.29 is 0 Å². The van der Waals surface area contributed by atoms with Crippen molar-refractivity contribution in [3.8, 4) is 0 Å². The molecule has 2 heteroatoms. The highest BCUT2D eigenvalue weighted by atomic mass is 31.1. The molecule has 2 aliphatic rings. The smallest absolute Gasteiger partial charge is 0.0326 e. The van der Waals surface area contributed by atoms with E-state index in [0.29, 0.717) is 15.8 Å². The Bertz CT molecular complexity index is 150. The molecule has 0 bridgehead atoms. The lowest BCUT2D eigenvalue weighted by Crippen LogP contribution is -2.04. The van der Waals surface area contributed by atoms with Gasteiger partial charge < -0.3 is 0 Å². The third kappa shape index (κ3) is 5.01. The molecule has 0 aromatic rings. The zero-order valence-corrected chi connectivity index (χ0v) is 12.6. The number of hydrogen-bond acceptors (Lipinski definition) is 0. The Morgan fingerprint density at radius 2 is 0.875 bits per heavy atom. The summed E-state index contributed by atoms with van der Waals surface area (Å²) < 4.78 is 0. The minimum absolute atomic E-state index is 0.506. The topological polar surface area (TPSA) is 0 Å². The fraction of sp³-hybridized carbons (Fsp3) is 1.00. The standard InChI is InChI=1S/C14H28P2/c1-3-9-15(10-4-1)13-7-8-14-16-11-5-2-6-12-16/h1-14H2. The molecular weight excluding hydrogens is 230 g/mol. The van der Waals surface area contributed by atoms with Gasteiger partial charge in [0.05, 0.1) is 0 Å². The SMILES string of the molecule is C1CCP(CCCCP2CCCCC2)CC1. The van der Waals surface area contributed by atoms with Crippen molar-refractivity contribution in [3.05, 3.63) is 0 Å². The Morgan fingerprint density at radius 1 is 0.500 bits per heavy atom. The summed E-state index contributed by atoms with van der Waals surface area (Å²) in [6.07, 6.45) is 22.1. The molecule has 2 aliphatic heterocycles. The molecular formula is C14H28P2. The molecule has 0 nitrogen and oxygen atoms in total. The van der Waals surface area contributed by atoms with Gasteiger partial charge in [-0.3, -0.25) is 0 Å². The Balaban J connectivity index is 1.47. The maximum Gasteiger partial charge on any atom is -0.0326 e. The first-order valence-corrected chi connectivity index (χ1v) is 11.2. The first-order valence-electron chi connectivity index (χ1n) is 7.40. The first kappa shape index (κ1) is 13.3. The van der Waals surface area contributed by atoms with E-state index in [2.05, 4.69) is 0 Å². The van der Waals surface area contributed by atoms with Gasteiger partial charge in [-0.1, -0.05) is 12.8 Å². The second kappa shape index (κ2) is 8.05. The van der Waals surface area contributed by atoms with Crippen molar-refractivity contribution in [2.24, 2.45) is 0 Å². The van der Waals surface area contributed by atoms with Crippen molar-refractivity contribution in [2.45, 2.75) is 51.4 Å². The highest BCUT2D eigenvalue weighted by Crippen LogP contribution is 2.44. The zero-order valence-electron chi connectivity index (χ0n) is 10.8. The summed E-state index contributed by atoms with van der Waals surface area (Å²) in [4.78, 5) is 0. The molecule has 0 aromatic heterocycles. The van der Waals surface area contributed by atoms with Gasteiger partial charge in [-0.15, -0.1) is 15.8 Å². The zero-order chi connectivity index (χ0) is 11.1. The molecule has 0 N–H and O–H groups in total. The molecule has 2 rings (SSSR count). The third-order valence-corrected chi connectivity index (χ3v) is 9.79. The lowest BCUT2D eigenvalue weighted by Gasteiger charge is -2.24. The predicted molar refractivity (Wildman–Crippen MR) is 80.0 cm³/mol. The molecule has 2 heterocycles. The lowest BCUT2D eigenvalue weighted by molar-refractivity contribution is 0.741. The van der Waals surface area contributed by atoms with E-state index >= 15 is 0 Å². The average molecular weight is 258 g/mol. The van der Waals surface area contributed by atoms with Gasteiger partial charge in [-0.2, -0.15) is 0 Å². The van der Waals surface area contributed by atoms with Crippen molar-refractivity contribution in [1.29, 1.82) is 0 Å². The van der Waals surface area contributed by atoms with E-state index in [-0.39, 0.29) is 0 Å². The molecule has 0 radical (unpaired) electrons. The normalized spacial score (nSPS) is 24.8. The fourth-order valence-corrected chi connectivity index (χ4v) is 8.40. The van der Waals surface area contributed by atoms with Crippen molar-refractivity contribution >= 4 is 15.8 Å². The van der Waals surface area contributed by atoms with E-state index in [1.807, 2.05) is 0 Å². The van der Waals surface area contributed by atoms with Crippen LogP contribution in [0.2, 0.25) is 0 Å². The van der Waals surface area contributed by atoms with Crippen LogP contribution < -0.4 is 0 Å². The van der Waals surface area contributed by atoms with Crippen LogP contribution in [0, 0.1) is 0 Å². The Morgan fingerprint density at radius 3 is 1.25 bits per heavy atom. The molecule has 16 heavy (non-hydrogen) atoms. The molecule has 0 amide bonds. The molecule has 0 saturated carbocycles. The van der Waals surface area contributed by atoms with Gasteiger partial charge in [0, 0.05) is 0 Å². The summed E-state index contributed by atoms with van der Waals surface area (Å²) in [6.45, 7) is 0. The van der Waals surface area contributed by atoms with Crippen molar-refractivity contribution in [3.63, 3.8) is 0 Å². The molecule has 0 aromatic carbocycles. The molecule has 0 atom stereocenters. The Kier molecular flexibility index (Phi) is 6.69. The fourth-order valence-electron chi connectivity index (χ4n) is 3.04. The average Bonchev–Trinajstić information content (AvgIpc) is 2.37. The van der Waals surface area contributed by atoms with Crippen LogP contribution in [0.1, 0.15) is 51.4 Å². The van der Waals surface area contributed by atoms with Crippen molar-refractivity contribution in [2.75, 3.05) is 37.0 Å². The van der Waals surface area contributed by atoms with Crippen LogP contribution in [0.4, 0.5) is 0 Å². The highest BCUT2D eigenvalue weighted by Gasteiger charge is 2.14. The van der Waals surface area contributed by atoms with Gasteiger partial charge in [0.25, 0.3) is 0 Å². The maximum absolute atomic E-state index is 1.62. The maximum atomic E-state index is 1.62. The molecule has 2 saturated heterocycles. The summed E-state index contributed by atoms with van der Waals surface area (Å²) in [6, 6.07) is 0. The van der Waals surface area contributed by atoms with Crippen molar-refractivity contribution in [1.82, 2.24) is 0 Å². The molecule has 0 aliphatic carbocycles. The van der Waals surface area contributed by atoms with Gasteiger partial charge >= 0.3 is 0 Å². The molecule has 0 unspecified atom stereocenters. The van der Waals surface area contributed by atoms with E-state index < -0.39 is 0 Å². The quantitative estimate of drug-likeness (QED) is 0.475. The molecule has 94 valence electrons. The summed E-state index contributed by atoms with van der Waals surface area (Å²) in [5, 5.41) is 0. The predicted octanol–water partition coefficient (Wildman–Crippen LogP) is 5.10. The first-order chi connectivity index (χ1) is 7.95. The monoisotopic (exact) mass is 258 g/mol. The lowest BCUT2D eigenvalue weighted by atomic mass is 10.3. The second-order valence-corrected chi connectivity index (χ2v) is 10.9. The van der Waals surface area contributed by atoms with Crippen LogP contribution in [0.15, 0.2) is 0 Å². The van der Waals surface area contributed by atoms with E-state index in [1.54, 1.807) is 75.5 Å². The van der Waals surface area contributed by atoms with Crippen LogP contribution in [0.3, 0.4) is 0 Å². The van der Waals surface area contributed by atoms with Crippen LogP contribution in [0.25, 0.3) is 0 Å². The Hall–Kier alpha value is 0.860. The Labute approximate surface area is 104 Å². The molecule has 0 spiro atoms. The molecule has 2 fully saturated rings. The summed E-state index contributed by atoms with van der Waals surface area (Å²) in [5.41, 5.74) is 0. The van der Waals surface area contributed by atoms with E-state index in [4.69, 9.17) is 0 Å². The van der Waals surface area contributed by atoms with Crippen LogP contribution >= 0.6 is 15.8 Å². The van der Waals surface area contributed by atoms with E-state index in [0.717, 1.165) is 0 Å². The van der Waals surface area contributed by atoms with Crippen LogP contribution in [-0.2, 0) is 0 Å². The minimum atomic E-state index is 0.506. The van der Waals surface area contributed by atoms with Gasteiger partial charge in [0.15, 0.2) is 0 Å². The van der Waals surface area contributed by atoms with Gasteiger partial charge in [0.1, 0.15) is 0 Å². The number of unbranched alkanes of at least 4 members (excludes halogenated alkanes) is 1. The summed E-state index contributed by atoms with van der Waals surface area (Å²) in [7, 11) is 1.01. The highest BCUT2D eigenvalue weighted by molar-refractivity contribution is 7.58. The van der Waals surface area contributed by atoms with Gasteiger partial charge in [0.2, 0.25) is 0 Å². The van der Waals surface area contributed by atoms with Crippen LogP contribution in [-0.4, -0.2) is 37.0 Å². The summed E-state index contributed by atoms with van der Waals surface area (Å²) in [5.74, 6) is 0. The largest absolute Gasteiger partial charge is 0.107 e.